The molecule has 0 saturated carbocycles. The van der Waals surface area contributed by atoms with Gasteiger partial charge in [0.15, 0.2) is 0 Å². The smallest absolute Gasteiger partial charge is 0.146 e. The van der Waals surface area contributed by atoms with Crippen molar-refractivity contribution < 1.29 is 9.13 Å². The van der Waals surface area contributed by atoms with E-state index in [1.54, 1.807) is 31.8 Å². The van der Waals surface area contributed by atoms with Crippen molar-refractivity contribution in [3.63, 3.8) is 0 Å². The summed E-state index contributed by atoms with van der Waals surface area (Å²) in [6.45, 7) is 4.68. The Bertz CT molecular complexity index is 551. The van der Waals surface area contributed by atoms with Crippen molar-refractivity contribution in [1.82, 2.24) is 9.55 Å². The number of anilines is 1. The van der Waals surface area contributed by atoms with Crippen LogP contribution in [-0.4, -0.2) is 16.7 Å². The molecular formula is C14H18FN3O. The van der Waals surface area contributed by atoms with Crippen molar-refractivity contribution in [1.29, 1.82) is 0 Å². The molecule has 0 amide bonds. The maximum atomic E-state index is 13.7. The Labute approximate surface area is 112 Å². The lowest BCUT2D eigenvalue weighted by Gasteiger charge is -2.13. The van der Waals surface area contributed by atoms with Gasteiger partial charge in [0.05, 0.1) is 31.4 Å². The van der Waals surface area contributed by atoms with E-state index in [0.29, 0.717) is 24.0 Å². The standard InChI is InChI=1S/C14H18FN3O/c1-10(2)18-9-16-7-11(18)8-17-14-6-12(19-3)4-5-13(14)15/h4-7,9-10,17H,8H2,1-3H3. The number of hydrogen-bond donors (Lipinski definition) is 1. The van der Waals surface area contributed by atoms with Gasteiger partial charge in [-0.2, -0.15) is 0 Å². The molecule has 19 heavy (non-hydrogen) atoms. The van der Waals surface area contributed by atoms with Gasteiger partial charge in [-0.25, -0.2) is 9.37 Å². The van der Waals surface area contributed by atoms with E-state index in [0.717, 1.165) is 5.69 Å². The van der Waals surface area contributed by atoms with Crippen molar-refractivity contribution in [3.8, 4) is 5.75 Å². The van der Waals surface area contributed by atoms with Crippen LogP contribution in [-0.2, 0) is 6.54 Å². The maximum absolute atomic E-state index is 13.7. The molecule has 0 atom stereocenters. The molecule has 0 bridgehead atoms. The molecule has 0 aliphatic carbocycles. The third-order valence-corrected chi connectivity index (χ3v) is 2.94. The fourth-order valence-corrected chi connectivity index (χ4v) is 1.89. The van der Waals surface area contributed by atoms with Gasteiger partial charge in [-0.3, -0.25) is 0 Å². The molecule has 2 rings (SSSR count). The third kappa shape index (κ3) is 3.05. The molecule has 0 aliphatic heterocycles. The minimum absolute atomic E-state index is 0.295. The van der Waals surface area contributed by atoms with Crippen molar-refractivity contribution in [2.75, 3.05) is 12.4 Å². The van der Waals surface area contributed by atoms with Crippen molar-refractivity contribution in [2.45, 2.75) is 26.4 Å². The molecule has 5 heteroatoms. The highest BCUT2D eigenvalue weighted by Gasteiger charge is 2.07. The molecule has 0 spiro atoms. The Morgan fingerprint density at radius 3 is 2.89 bits per heavy atom. The topological polar surface area (TPSA) is 39.1 Å². The number of nitrogens with one attached hydrogen (secondary N) is 1. The lowest BCUT2D eigenvalue weighted by Crippen LogP contribution is -2.09. The third-order valence-electron chi connectivity index (χ3n) is 2.94. The summed E-state index contributed by atoms with van der Waals surface area (Å²) in [4.78, 5) is 4.12. The Morgan fingerprint density at radius 2 is 2.21 bits per heavy atom. The Morgan fingerprint density at radius 1 is 1.42 bits per heavy atom. The van der Waals surface area contributed by atoms with E-state index in [1.165, 1.54) is 6.07 Å². The number of ether oxygens (including phenoxy) is 1. The van der Waals surface area contributed by atoms with Gasteiger partial charge < -0.3 is 14.6 Å². The highest BCUT2D eigenvalue weighted by atomic mass is 19.1. The van der Waals surface area contributed by atoms with Gasteiger partial charge in [0, 0.05) is 18.3 Å². The number of nitrogens with zero attached hydrogens (tertiary/aromatic N) is 2. The van der Waals surface area contributed by atoms with Crippen LogP contribution in [0.2, 0.25) is 0 Å². The molecule has 0 aliphatic rings. The van der Waals surface area contributed by atoms with Crippen LogP contribution in [0.4, 0.5) is 10.1 Å². The first-order valence-corrected chi connectivity index (χ1v) is 6.20. The molecule has 0 unspecified atom stereocenters. The van der Waals surface area contributed by atoms with Crippen LogP contribution < -0.4 is 10.1 Å². The average Bonchev–Trinajstić information content (AvgIpc) is 2.86. The van der Waals surface area contributed by atoms with Gasteiger partial charge in [0.2, 0.25) is 0 Å². The van der Waals surface area contributed by atoms with E-state index in [-0.39, 0.29) is 5.82 Å². The average molecular weight is 263 g/mol. The second-order valence-corrected chi connectivity index (χ2v) is 4.59. The quantitative estimate of drug-likeness (QED) is 0.900. The number of halogens is 1. The molecule has 0 saturated heterocycles. The Balaban J connectivity index is 2.12. The van der Waals surface area contributed by atoms with Gasteiger partial charge in [-0.1, -0.05) is 0 Å². The number of methoxy groups -OCH3 is 1. The molecule has 1 heterocycles. The number of benzene rings is 1. The van der Waals surface area contributed by atoms with E-state index >= 15 is 0 Å². The Hall–Kier alpha value is -2.04. The summed E-state index contributed by atoms with van der Waals surface area (Å²) in [6, 6.07) is 4.96. The highest BCUT2D eigenvalue weighted by Crippen LogP contribution is 2.22. The fourth-order valence-electron chi connectivity index (χ4n) is 1.89. The number of aromatic nitrogens is 2. The second-order valence-electron chi connectivity index (χ2n) is 4.59. The van der Waals surface area contributed by atoms with Crippen molar-refractivity contribution >= 4 is 5.69 Å². The first-order chi connectivity index (χ1) is 9.11. The minimum Gasteiger partial charge on any atom is -0.497 e. The molecule has 0 radical (unpaired) electrons. The summed E-state index contributed by atoms with van der Waals surface area (Å²) in [5, 5.41) is 3.07. The number of rotatable bonds is 5. The first-order valence-electron chi connectivity index (χ1n) is 6.20. The normalized spacial score (nSPS) is 10.8. The fraction of sp³-hybridized carbons (Fsp3) is 0.357. The van der Waals surface area contributed by atoms with Crippen LogP contribution in [0.3, 0.4) is 0 Å². The van der Waals surface area contributed by atoms with Crippen molar-refractivity contribution in [3.05, 3.63) is 42.2 Å². The number of imidazole rings is 1. The van der Waals surface area contributed by atoms with Crippen LogP contribution in [0.5, 0.6) is 5.75 Å². The van der Waals surface area contributed by atoms with Crippen LogP contribution in [0.1, 0.15) is 25.6 Å². The Kier molecular flexibility index (Phi) is 4.04. The van der Waals surface area contributed by atoms with Gasteiger partial charge in [0.25, 0.3) is 0 Å². The summed E-state index contributed by atoms with van der Waals surface area (Å²) in [6.07, 6.45) is 3.56. The SMILES string of the molecule is COc1ccc(F)c(NCc2cncn2C(C)C)c1. The van der Waals surface area contributed by atoms with Gasteiger partial charge in [-0.05, 0) is 26.0 Å². The molecule has 102 valence electrons. The summed E-state index contributed by atoms with van der Waals surface area (Å²) >= 11 is 0. The zero-order chi connectivity index (χ0) is 13.8. The highest BCUT2D eigenvalue weighted by molar-refractivity contribution is 5.49. The van der Waals surface area contributed by atoms with E-state index in [9.17, 15) is 4.39 Å². The largest absolute Gasteiger partial charge is 0.497 e. The van der Waals surface area contributed by atoms with Gasteiger partial charge >= 0.3 is 0 Å². The van der Waals surface area contributed by atoms with Gasteiger partial charge in [-0.15, -0.1) is 0 Å². The maximum Gasteiger partial charge on any atom is 0.146 e. The monoisotopic (exact) mass is 263 g/mol. The molecule has 2 aromatic rings. The minimum atomic E-state index is -0.295. The molecule has 0 fully saturated rings. The predicted octanol–water partition coefficient (Wildman–Crippen LogP) is 3.22. The van der Waals surface area contributed by atoms with E-state index in [1.807, 2.05) is 4.57 Å². The van der Waals surface area contributed by atoms with Gasteiger partial charge in [0.1, 0.15) is 11.6 Å². The summed E-state index contributed by atoms with van der Waals surface area (Å²) in [7, 11) is 1.56. The summed E-state index contributed by atoms with van der Waals surface area (Å²) < 4.78 is 20.8. The van der Waals surface area contributed by atoms with Crippen LogP contribution in [0.25, 0.3) is 0 Å². The molecule has 4 nitrogen and oxygen atoms in total. The van der Waals surface area contributed by atoms with E-state index < -0.39 is 0 Å². The zero-order valence-electron chi connectivity index (χ0n) is 11.4. The summed E-state index contributed by atoms with van der Waals surface area (Å²) in [5.41, 5.74) is 1.44. The van der Waals surface area contributed by atoms with E-state index in [4.69, 9.17) is 4.74 Å². The molecule has 1 aromatic heterocycles. The lowest BCUT2D eigenvalue weighted by molar-refractivity contribution is 0.414. The lowest BCUT2D eigenvalue weighted by atomic mass is 10.2. The summed E-state index contributed by atoms with van der Waals surface area (Å²) in [5.74, 6) is 0.331. The first kappa shape index (κ1) is 13.4. The number of hydrogen-bond acceptors (Lipinski definition) is 3. The van der Waals surface area contributed by atoms with E-state index in [2.05, 4.69) is 24.1 Å². The van der Waals surface area contributed by atoms with Crippen molar-refractivity contribution in [2.24, 2.45) is 0 Å². The predicted molar refractivity (Wildman–Crippen MR) is 72.9 cm³/mol. The van der Waals surface area contributed by atoms with Crippen LogP contribution >= 0.6 is 0 Å². The van der Waals surface area contributed by atoms with Crippen LogP contribution in [0, 0.1) is 5.82 Å². The zero-order valence-corrected chi connectivity index (χ0v) is 11.4. The van der Waals surface area contributed by atoms with Crippen LogP contribution in [0.15, 0.2) is 30.7 Å². The second kappa shape index (κ2) is 5.73. The molecule has 1 N–H and O–H groups in total. The molecule has 1 aromatic carbocycles. The molecular weight excluding hydrogens is 245 g/mol.